The zero-order chi connectivity index (χ0) is 20.1. The number of amides is 1. The molecule has 5 nitrogen and oxygen atoms in total. The van der Waals surface area contributed by atoms with Crippen LogP contribution in [-0.2, 0) is 4.79 Å². The Morgan fingerprint density at radius 2 is 1.76 bits per heavy atom. The van der Waals surface area contributed by atoms with Gasteiger partial charge in [0.25, 0.3) is 0 Å². The largest absolute Gasteiger partial charge is 0.355 e. The topological polar surface area (TPSA) is 61.0 Å². The smallest absolute Gasteiger partial charge is 0.227 e. The molecular formula is C24H28N4O. The highest BCUT2D eigenvalue weighted by atomic mass is 16.1. The predicted molar refractivity (Wildman–Crippen MR) is 117 cm³/mol. The molecule has 3 aromatic rings. The van der Waals surface area contributed by atoms with Crippen LogP contribution in [0.1, 0.15) is 37.7 Å². The lowest BCUT2D eigenvalue weighted by Gasteiger charge is -2.33. The number of H-pyrrole nitrogens is 1. The number of aromatic nitrogens is 2. The van der Waals surface area contributed by atoms with Crippen LogP contribution in [-0.4, -0.2) is 35.2 Å². The first-order valence-electron chi connectivity index (χ1n) is 10.5. The number of rotatable bonds is 6. The fourth-order valence-electron chi connectivity index (χ4n) is 4.05. The van der Waals surface area contributed by atoms with E-state index in [1.165, 1.54) is 0 Å². The number of piperidine rings is 1. The molecule has 4 rings (SSSR count). The van der Waals surface area contributed by atoms with Crippen molar-refractivity contribution in [3.63, 3.8) is 0 Å². The molecular weight excluding hydrogens is 360 g/mol. The molecule has 1 fully saturated rings. The van der Waals surface area contributed by atoms with Gasteiger partial charge in [0.15, 0.2) is 5.82 Å². The Labute approximate surface area is 172 Å². The van der Waals surface area contributed by atoms with Crippen LogP contribution in [0, 0.1) is 0 Å². The summed E-state index contributed by atoms with van der Waals surface area (Å²) in [6.07, 6.45) is 2.68. The number of hydrogen-bond acceptors (Lipinski definition) is 3. The Balaban J connectivity index is 1.33. The fraction of sp³-hybridized carbons (Fsp3) is 0.333. The molecule has 29 heavy (non-hydrogen) atoms. The van der Waals surface area contributed by atoms with E-state index in [-0.39, 0.29) is 17.9 Å². The van der Waals surface area contributed by atoms with Crippen molar-refractivity contribution in [2.45, 2.75) is 38.1 Å². The van der Waals surface area contributed by atoms with Crippen molar-refractivity contribution in [1.29, 1.82) is 0 Å². The molecule has 5 heteroatoms. The Morgan fingerprint density at radius 1 is 1.10 bits per heavy atom. The number of carbonyl (C=O) groups is 1. The van der Waals surface area contributed by atoms with Gasteiger partial charge in [0.1, 0.15) is 0 Å². The number of hydrogen-bond donors (Lipinski definition) is 2. The maximum Gasteiger partial charge on any atom is 0.227 e. The molecule has 0 bridgehead atoms. The van der Waals surface area contributed by atoms with Crippen molar-refractivity contribution in [2.24, 2.45) is 0 Å². The van der Waals surface area contributed by atoms with Crippen LogP contribution in [0.5, 0.6) is 0 Å². The summed E-state index contributed by atoms with van der Waals surface area (Å²) >= 11 is 0. The van der Waals surface area contributed by atoms with E-state index < -0.39 is 0 Å². The molecule has 0 saturated carbocycles. The lowest BCUT2D eigenvalue weighted by Crippen LogP contribution is -2.46. The Kier molecular flexibility index (Phi) is 5.94. The minimum Gasteiger partial charge on any atom is -0.355 e. The quantitative estimate of drug-likeness (QED) is 0.660. The molecule has 2 aromatic carbocycles. The van der Waals surface area contributed by atoms with E-state index in [1.807, 2.05) is 48.5 Å². The lowest BCUT2D eigenvalue weighted by molar-refractivity contribution is -0.123. The minimum absolute atomic E-state index is 0.0750. The zero-order valence-corrected chi connectivity index (χ0v) is 16.8. The van der Waals surface area contributed by atoms with E-state index in [0.717, 1.165) is 55.0 Å². The van der Waals surface area contributed by atoms with Gasteiger partial charge in [0, 0.05) is 25.2 Å². The number of anilines is 1. The third-order valence-corrected chi connectivity index (χ3v) is 5.74. The number of aromatic amines is 1. The average Bonchev–Trinajstić information content (AvgIpc) is 3.26. The maximum absolute atomic E-state index is 12.8. The molecule has 2 N–H and O–H groups in total. The van der Waals surface area contributed by atoms with Crippen molar-refractivity contribution in [1.82, 2.24) is 15.5 Å². The van der Waals surface area contributed by atoms with Gasteiger partial charge in [-0.25, -0.2) is 0 Å². The van der Waals surface area contributed by atoms with E-state index in [1.54, 1.807) is 0 Å². The second-order valence-electron chi connectivity index (χ2n) is 7.65. The predicted octanol–water partition coefficient (Wildman–Crippen LogP) is 4.36. The molecule has 0 aliphatic carbocycles. The summed E-state index contributed by atoms with van der Waals surface area (Å²) in [6.45, 7) is 3.86. The molecule has 1 aromatic heterocycles. The molecule has 0 radical (unpaired) electrons. The van der Waals surface area contributed by atoms with E-state index in [0.29, 0.717) is 0 Å². The van der Waals surface area contributed by atoms with Crippen LogP contribution in [0.25, 0.3) is 11.3 Å². The van der Waals surface area contributed by atoms with Gasteiger partial charge in [0.2, 0.25) is 5.91 Å². The lowest BCUT2D eigenvalue weighted by atomic mass is 9.94. The minimum atomic E-state index is -0.0750. The molecule has 1 aliphatic heterocycles. The van der Waals surface area contributed by atoms with Gasteiger partial charge in [-0.2, -0.15) is 5.10 Å². The summed E-state index contributed by atoms with van der Waals surface area (Å²) in [6, 6.07) is 22.6. The van der Waals surface area contributed by atoms with E-state index in [4.69, 9.17) is 0 Å². The molecule has 1 saturated heterocycles. The molecule has 1 atom stereocenters. The first kappa shape index (κ1) is 19.2. The summed E-state index contributed by atoms with van der Waals surface area (Å²) < 4.78 is 0. The molecule has 2 heterocycles. The van der Waals surface area contributed by atoms with Crippen molar-refractivity contribution >= 4 is 11.7 Å². The highest BCUT2D eigenvalue weighted by Crippen LogP contribution is 2.25. The monoisotopic (exact) mass is 388 g/mol. The van der Waals surface area contributed by atoms with Crippen LogP contribution in [0.4, 0.5) is 5.82 Å². The molecule has 0 unspecified atom stereocenters. The Hall–Kier alpha value is -3.08. The van der Waals surface area contributed by atoms with E-state index >= 15 is 0 Å². The maximum atomic E-state index is 12.8. The summed E-state index contributed by atoms with van der Waals surface area (Å²) in [5.74, 6) is 1.04. The van der Waals surface area contributed by atoms with Gasteiger partial charge in [-0.15, -0.1) is 0 Å². The number of benzene rings is 2. The van der Waals surface area contributed by atoms with Gasteiger partial charge in [-0.05, 0) is 30.4 Å². The summed E-state index contributed by atoms with van der Waals surface area (Å²) in [4.78, 5) is 15.1. The molecule has 1 amide bonds. The summed E-state index contributed by atoms with van der Waals surface area (Å²) in [5.41, 5.74) is 3.26. The van der Waals surface area contributed by atoms with E-state index in [2.05, 4.69) is 45.5 Å². The highest BCUT2D eigenvalue weighted by molar-refractivity contribution is 5.83. The van der Waals surface area contributed by atoms with Crippen LogP contribution in [0.3, 0.4) is 0 Å². The summed E-state index contributed by atoms with van der Waals surface area (Å²) in [7, 11) is 0. The van der Waals surface area contributed by atoms with Gasteiger partial charge in [-0.3, -0.25) is 9.89 Å². The van der Waals surface area contributed by atoms with Crippen molar-refractivity contribution < 1.29 is 4.79 Å². The molecule has 150 valence electrons. The van der Waals surface area contributed by atoms with Crippen molar-refractivity contribution in [2.75, 3.05) is 18.0 Å². The second-order valence-corrected chi connectivity index (χ2v) is 7.65. The average molecular weight is 389 g/mol. The van der Waals surface area contributed by atoms with Gasteiger partial charge in [-0.1, -0.05) is 67.6 Å². The second kappa shape index (κ2) is 8.95. The normalized spacial score (nSPS) is 15.8. The van der Waals surface area contributed by atoms with Crippen LogP contribution < -0.4 is 10.2 Å². The van der Waals surface area contributed by atoms with Crippen LogP contribution >= 0.6 is 0 Å². The zero-order valence-electron chi connectivity index (χ0n) is 16.8. The Morgan fingerprint density at radius 3 is 2.41 bits per heavy atom. The fourth-order valence-corrected chi connectivity index (χ4v) is 4.05. The van der Waals surface area contributed by atoms with Gasteiger partial charge < -0.3 is 10.2 Å². The first-order chi connectivity index (χ1) is 14.2. The van der Waals surface area contributed by atoms with Gasteiger partial charge >= 0.3 is 0 Å². The molecule has 1 aliphatic rings. The Bertz CT molecular complexity index is 914. The molecule has 0 spiro atoms. The SMILES string of the molecule is CC[C@H](C(=O)NC1CCN(c2cc(-c3ccccc3)[nH]n2)CC1)c1ccccc1. The number of carbonyl (C=O) groups excluding carboxylic acids is 1. The first-order valence-corrected chi connectivity index (χ1v) is 10.5. The third kappa shape index (κ3) is 4.50. The van der Waals surface area contributed by atoms with Crippen molar-refractivity contribution in [3.05, 3.63) is 72.3 Å². The van der Waals surface area contributed by atoms with Crippen LogP contribution in [0.15, 0.2) is 66.7 Å². The number of nitrogens with one attached hydrogen (secondary N) is 2. The van der Waals surface area contributed by atoms with Crippen LogP contribution in [0.2, 0.25) is 0 Å². The van der Waals surface area contributed by atoms with Crippen molar-refractivity contribution in [3.8, 4) is 11.3 Å². The summed E-state index contributed by atoms with van der Waals surface area (Å²) in [5, 5.41) is 10.9. The highest BCUT2D eigenvalue weighted by Gasteiger charge is 2.25. The van der Waals surface area contributed by atoms with Gasteiger partial charge in [0.05, 0.1) is 11.6 Å². The third-order valence-electron chi connectivity index (χ3n) is 5.74. The number of nitrogens with zero attached hydrogens (tertiary/aromatic N) is 2. The van der Waals surface area contributed by atoms with E-state index in [9.17, 15) is 4.79 Å². The standard InChI is InChI=1S/C24H28N4O/c1-2-21(18-9-5-3-6-10-18)24(29)25-20-13-15-28(16-14-20)23-17-22(26-27-23)19-11-7-4-8-12-19/h3-12,17,20-21H,2,13-16H2,1H3,(H,25,29)(H,26,27)/t21-/m0/s1.